The fourth-order valence-corrected chi connectivity index (χ4v) is 4.86. The molecule has 170 valence electrons. The molecular formula is C21H22F3N5O3. The van der Waals surface area contributed by atoms with Gasteiger partial charge in [-0.3, -0.25) is 14.3 Å². The summed E-state index contributed by atoms with van der Waals surface area (Å²) in [6.07, 6.45) is 0.904. The SMILES string of the molecule is Cc1c(N2CCC(Cc3coc(N)n3)C2)c(F)c(C(F)F)c2c(=O)[nH]c(=O)n(C3CC3)c12. The number of alkyl halides is 2. The summed E-state index contributed by atoms with van der Waals surface area (Å²) < 4.78 is 50.0. The maximum Gasteiger partial charge on any atom is 0.329 e. The molecule has 5 rings (SSSR count). The van der Waals surface area contributed by atoms with Gasteiger partial charge in [0.25, 0.3) is 18.0 Å². The number of hydrogen-bond acceptors (Lipinski definition) is 6. The van der Waals surface area contributed by atoms with E-state index in [-0.39, 0.29) is 29.2 Å². The van der Waals surface area contributed by atoms with Crippen LogP contribution in [0.2, 0.25) is 0 Å². The van der Waals surface area contributed by atoms with Gasteiger partial charge in [0.2, 0.25) is 0 Å². The third-order valence-corrected chi connectivity index (χ3v) is 6.37. The molecule has 1 aromatic carbocycles. The summed E-state index contributed by atoms with van der Waals surface area (Å²) in [5.41, 5.74) is 4.02. The van der Waals surface area contributed by atoms with Crippen LogP contribution in [0.4, 0.5) is 24.9 Å². The Balaban J connectivity index is 1.64. The first-order chi connectivity index (χ1) is 15.3. The van der Waals surface area contributed by atoms with Gasteiger partial charge in [0, 0.05) is 24.7 Å². The predicted octanol–water partition coefficient (Wildman–Crippen LogP) is 3.05. The van der Waals surface area contributed by atoms with Crippen LogP contribution >= 0.6 is 0 Å². The average Bonchev–Trinajstić information content (AvgIpc) is 3.31. The van der Waals surface area contributed by atoms with Gasteiger partial charge in [-0.2, -0.15) is 4.98 Å². The fraction of sp³-hybridized carbons (Fsp3) is 0.476. The van der Waals surface area contributed by atoms with E-state index < -0.39 is 34.4 Å². The molecule has 3 aromatic rings. The smallest absolute Gasteiger partial charge is 0.329 e. The first-order valence-electron chi connectivity index (χ1n) is 10.5. The van der Waals surface area contributed by atoms with Crippen molar-refractivity contribution in [1.29, 1.82) is 0 Å². The molecular weight excluding hydrogens is 427 g/mol. The number of H-pyrrole nitrogens is 1. The van der Waals surface area contributed by atoms with Crippen LogP contribution in [0.1, 0.15) is 48.6 Å². The number of benzene rings is 1. The maximum absolute atomic E-state index is 15.5. The number of hydrogen-bond donors (Lipinski definition) is 2. The highest BCUT2D eigenvalue weighted by molar-refractivity contribution is 5.90. The quantitative estimate of drug-likeness (QED) is 0.620. The number of nitrogen functional groups attached to an aromatic ring is 1. The minimum Gasteiger partial charge on any atom is -0.432 e. The van der Waals surface area contributed by atoms with Gasteiger partial charge in [-0.1, -0.05) is 0 Å². The molecule has 11 heteroatoms. The summed E-state index contributed by atoms with van der Waals surface area (Å²) >= 11 is 0. The number of aromatic nitrogens is 3. The Morgan fingerprint density at radius 1 is 1.31 bits per heavy atom. The molecule has 2 aromatic heterocycles. The maximum atomic E-state index is 15.5. The van der Waals surface area contributed by atoms with Crippen molar-refractivity contribution in [2.75, 3.05) is 23.7 Å². The molecule has 0 amide bonds. The van der Waals surface area contributed by atoms with Crippen LogP contribution in [0.15, 0.2) is 20.3 Å². The number of fused-ring (bicyclic) bond motifs is 1. The molecule has 1 atom stereocenters. The van der Waals surface area contributed by atoms with E-state index in [0.29, 0.717) is 50.0 Å². The van der Waals surface area contributed by atoms with Gasteiger partial charge in [-0.05, 0) is 38.5 Å². The van der Waals surface area contributed by atoms with Crippen LogP contribution in [0.3, 0.4) is 0 Å². The Morgan fingerprint density at radius 2 is 2.06 bits per heavy atom. The molecule has 1 saturated carbocycles. The molecule has 0 bridgehead atoms. The Morgan fingerprint density at radius 3 is 2.69 bits per heavy atom. The zero-order chi connectivity index (χ0) is 22.7. The first kappa shape index (κ1) is 20.7. The second-order valence-electron chi connectivity index (χ2n) is 8.57. The summed E-state index contributed by atoms with van der Waals surface area (Å²) in [7, 11) is 0. The normalized spacial score (nSPS) is 18.9. The van der Waals surface area contributed by atoms with Gasteiger partial charge in [-0.25, -0.2) is 18.0 Å². The molecule has 1 aliphatic heterocycles. The Labute approximate surface area is 179 Å². The van der Waals surface area contributed by atoms with Crippen molar-refractivity contribution in [2.24, 2.45) is 5.92 Å². The number of halogens is 3. The zero-order valence-corrected chi connectivity index (χ0v) is 17.3. The van der Waals surface area contributed by atoms with E-state index in [1.54, 1.807) is 11.8 Å². The lowest BCUT2D eigenvalue weighted by molar-refractivity contribution is 0.148. The second-order valence-corrected chi connectivity index (χ2v) is 8.57. The zero-order valence-electron chi connectivity index (χ0n) is 17.3. The predicted molar refractivity (Wildman–Crippen MR) is 112 cm³/mol. The molecule has 3 N–H and O–H groups in total. The van der Waals surface area contributed by atoms with Crippen molar-refractivity contribution in [1.82, 2.24) is 14.5 Å². The van der Waals surface area contributed by atoms with Gasteiger partial charge in [0.05, 0.1) is 27.8 Å². The van der Waals surface area contributed by atoms with Crippen molar-refractivity contribution in [2.45, 2.75) is 45.1 Å². The lowest BCUT2D eigenvalue weighted by atomic mass is 10.0. The number of nitrogens with two attached hydrogens (primary N) is 1. The third kappa shape index (κ3) is 3.26. The Bertz CT molecular complexity index is 1320. The first-order valence-corrected chi connectivity index (χ1v) is 10.5. The summed E-state index contributed by atoms with van der Waals surface area (Å²) in [5, 5.41) is -0.445. The highest BCUT2D eigenvalue weighted by Gasteiger charge is 2.35. The molecule has 0 spiro atoms. The average molecular weight is 449 g/mol. The lowest BCUT2D eigenvalue weighted by Gasteiger charge is -2.25. The second kappa shape index (κ2) is 7.42. The van der Waals surface area contributed by atoms with Crippen LogP contribution in [0, 0.1) is 18.7 Å². The van der Waals surface area contributed by atoms with E-state index in [0.717, 1.165) is 0 Å². The Kier molecular flexibility index (Phi) is 4.79. The molecule has 8 nitrogen and oxygen atoms in total. The van der Waals surface area contributed by atoms with Gasteiger partial charge in [0.15, 0.2) is 5.82 Å². The highest BCUT2D eigenvalue weighted by Crippen LogP contribution is 2.43. The number of nitrogens with one attached hydrogen (secondary N) is 1. The van der Waals surface area contributed by atoms with Gasteiger partial charge < -0.3 is 15.1 Å². The number of oxazole rings is 1. The summed E-state index contributed by atoms with van der Waals surface area (Å²) in [6.45, 7) is 2.44. The molecule has 2 aliphatic rings. The number of aryl methyl sites for hydroxylation is 1. The summed E-state index contributed by atoms with van der Waals surface area (Å²) in [6, 6.07) is -0.121. The van der Waals surface area contributed by atoms with Crippen LogP contribution < -0.4 is 21.9 Å². The number of anilines is 2. The van der Waals surface area contributed by atoms with Crippen molar-refractivity contribution < 1.29 is 17.6 Å². The molecule has 32 heavy (non-hydrogen) atoms. The number of nitrogens with zero attached hydrogens (tertiary/aromatic N) is 3. The summed E-state index contributed by atoms with van der Waals surface area (Å²) in [5.74, 6) is -1.02. The third-order valence-electron chi connectivity index (χ3n) is 6.37. The molecule has 3 heterocycles. The van der Waals surface area contributed by atoms with Crippen LogP contribution in [0.25, 0.3) is 10.9 Å². The van der Waals surface area contributed by atoms with Crippen LogP contribution in [-0.4, -0.2) is 27.6 Å². The largest absolute Gasteiger partial charge is 0.432 e. The van der Waals surface area contributed by atoms with Crippen LogP contribution in [-0.2, 0) is 6.42 Å². The lowest BCUT2D eigenvalue weighted by Crippen LogP contribution is -2.32. The van der Waals surface area contributed by atoms with Crippen molar-refractivity contribution in [3.8, 4) is 0 Å². The van der Waals surface area contributed by atoms with E-state index in [2.05, 4.69) is 9.97 Å². The monoisotopic (exact) mass is 449 g/mol. The van der Waals surface area contributed by atoms with Gasteiger partial charge in [-0.15, -0.1) is 0 Å². The molecule has 1 unspecified atom stereocenters. The van der Waals surface area contributed by atoms with E-state index in [1.165, 1.54) is 10.8 Å². The molecule has 0 radical (unpaired) electrons. The van der Waals surface area contributed by atoms with Crippen molar-refractivity contribution >= 4 is 22.6 Å². The van der Waals surface area contributed by atoms with Gasteiger partial charge in [0.1, 0.15) is 6.26 Å². The molecule has 1 aliphatic carbocycles. The van der Waals surface area contributed by atoms with E-state index in [9.17, 15) is 18.4 Å². The molecule has 1 saturated heterocycles. The Hall–Kier alpha value is -3.24. The number of rotatable bonds is 5. The van der Waals surface area contributed by atoms with Crippen LogP contribution in [0.5, 0.6) is 0 Å². The fourth-order valence-electron chi connectivity index (χ4n) is 4.86. The topological polar surface area (TPSA) is 110 Å². The van der Waals surface area contributed by atoms with Crippen molar-refractivity contribution in [3.05, 3.63) is 49.7 Å². The van der Waals surface area contributed by atoms with Crippen molar-refractivity contribution in [3.63, 3.8) is 0 Å². The van der Waals surface area contributed by atoms with E-state index >= 15 is 4.39 Å². The number of aromatic amines is 1. The standard InChI is InChI=1S/C21H22F3N5O3/c1-9-16-14(19(30)27-21(31)29(16)12-2-3-12)13(18(23)24)15(22)17(9)28-5-4-10(7-28)6-11-8-32-20(25)26-11/h8,10,12,18H,2-7H2,1H3,(H2,25,26)(H,27,30,31). The molecule has 2 fully saturated rings. The summed E-state index contributed by atoms with van der Waals surface area (Å²) in [4.78, 5) is 32.9. The van der Waals surface area contributed by atoms with E-state index in [1.807, 2.05) is 0 Å². The van der Waals surface area contributed by atoms with E-state index in [4.69, 9.17) is 10.2 Å². The highest BCUT2D eigenvalue weighted by atomic mass is 19.3. The minimum absolute atomic E-state index is 0.0226. The van der Waals surface area contributed by atoms with Gasteiger partial charge >= 0.3 is 5.69 Å². The minimum atomic E-state index is -3.21.